The van der Waals surface area contributed by atoms with Gasteiger partial charge in [-0.25, -0.2) is 4.98 Å². The Kier molecular flexibility index (Phi) is 15.1. The van der Waals surface area contributed by atoms with Gasteiger partial charge in [-0.1, -0.05) is 75.7 Å². The highest BCUT2D eigenvalue weighted by atomic mass is 32.1. The Morgan fingerprint density at radius 2 is 1.68 bits per heavy atom. The summed E-state index contributed by atoms with van der Waals surface area (Å²) in [5.41, 5.74) is 18.0. The fourth-order valence-electron chi connectivity index (χ4n) is 6.80. The first-order valence-corrected chi connectivity index (χ1v) is 19.7. The lowest BCUT2D eigenvalue weighted by atomic mass is 9.85. The molecule has 3 aromatic rings. The number of aliphatic hydroxyl groups excluding tert-OH is 1. The predicted octanol–water partition coefficient (Wildman–Crippen LogP) is 5.12. The molecule has 2 aromatic carbocycles. The number of β-amino-alcohol motifs (C(OH)–C–C–N with tert-alkyl or cyclic N) is 1. The van der Waals surface area contributed by atoms with Gasteiger partial charge in [0.15, 0.2) is 0 Å². The first-order chi connectivity index (χ1) is 25.1. The van der Waals surface area contributed by atoms with E-state index >= 15 is 0 Å². The highest BCUT2D eigenvalue weighted by Gasteiger charge is 2.44. The average Bonchev–Trinajstić information content (AvgIpc) is 3.73. The van der Waals surface area contributed by atoms with Crippen LogP contribution in [-0.4, -0.2) is 69.4 Å². The van der Waals surface area contributed by atoms with Crippen LogP contribution in [0, 0.1) is 12.3 Å². The Morgan fingerprint density at radius 1 is 0.981 bits per heavy atom. The molecule has 5 atom stereocenters. The lowest BCUT2D eigenvalue weighted by Crippen LogP contribution is -2.57. The first kappa shape index (κ1) is 41.6. The molecule has 7 N–H and O–H groups in total. The van der Waals surface area contributed by atoms with Crippen molar-refractivity contribution in [1.82, 2.24) is 20.5 Å². The Balaban J connectivity index is 1.26. The number of likely N-dealkylation sites (tertiary alicyclic amines) is 1. The van der Waals surface area contributed by atoms with Crippen LogP contribution >= 0.6 is 11.3 Å². The Bertz CT molecular complexity index is 1690. The minimum atomic E-state index is -0.859. The van der Waals surface area contributed by atoms with E-state index in [1.54, 1.807) is 11.3 Å². The number of aryl methyl sites for hydroxylation is 3. The standard InChI is InChI=1S/C41H58N6O5S/c1-26(30-15-17-31(18-16-30)37-27(2)44-25-53-37)45-39(51)34-23-33(48)24-47(34)40(52)38(41(3,4)5)46-36(50)13-8-6-7-10-28-11-9-12-29(22-28)14-19-32(42)20-21-35(43)49/h9,11-12,15-18,22,25-26,32-34,38,48H,6-8,10,13-14,19-21,23-24,42H2,1-5H3,(H2,43,49)(H,45,51)(H,46,50)/t26-,32+,33+,34-,38+/m0/s1. The number of benzene rings is 2. The van der Waals surface area contributed by atoms with Crippen molar-refractivity contribution in [2.24, 2.45) is 16.9 Å². The maximum atomic E-state index is 14.0. The molecule has 0 unspecified atom stereocenters. The summed E-state index contributed by atoms with van der Waals surface area (Å²) < 4.78 is 0. The number of thiazole rings is 1. The number of aliphatic hydroxyl groups is 1. The number of unbranched alkanes of at least 4 members (excludes halogenated alkanes) is 2. The normalized spacial score (nSPS) is 17.6. The van der Waals surface area contributed by atoms with Crippen molar-refractivity contribution in [2.75, 3.05) is 6.54 Å². The smallest absolute Gasteiger partial charge is 0.246 e. The molecule has 12 heteroatoms. The SMILES string of the molecule is Cc1ncsc1-c1ccc([C@H](C)NC(=O)[C@@H]2C[C@@H](O)CN2C(=O)[C@@H](NC(=O)CCCCCc2cccc(CC[C@@H](N)CCC(N)=O)c2)C(C)(C)C)cc1. The molecule has 1 fully saturated rings. The molecule has 0 radical (unpaired) electrons. The van der Waals surface area contributed by atoms with Gasteiger partial charge in [0.25, 0.3) is 0 Å². The van der Waals surface area contributed by atoms with Crippen molar-refractivity contribution in [2.45, 2.75) is 129 Å². The van der Waals surface area contributed by atoms with Crippen molar-refractivity contribution in [3.8, 4) is 10.4 Å². The van der Waals surface area contributed by atoms with Crippen LogP contribution in [0.3, 0.4) is 0 Å². The third-order valence-electron chi connectivity index (χ3n) is 9.99. The lowest BCUT2D eigenvalue weighted by Gasteiger charge is -2.35. The molecule has 1 aromatic heterocycles. The molecular formula is C41H58N6O5S. The van der Waals surface area contributed by atoms with Gasteiger partial charge >= 0.3 is 0 Å². The van der Waals surface area contributed by atoms with Crippen LogP contribution in [0.5, 0.6) is 0 Å². The maximum absolute atomic E-state index is 14.0. The number of carbonyl (C=O) groups excluding carboxylic acids is 4. The summed E-state index contributed by atoms with van der Waals surface area (Å²) in [6.07, 6.45) is 5.46. The molecule has 0 aliphatic carbocycles. The number of carbonyl (C=O) groups is 4. The molecule has 288 valence electrons. The molecular weight excluding hydrogens is 689 g/mol. The quantitative estimate of drug-likeness (QED) is 0.112. The Hall–Kier alpha value is -4.13. The number of nitrogens with one attached hydrogen (secondary N) is 2. The summed E-state index contributed by atoms with van der Waals surface area (Å²) in [5.74, 6) is -1.24. The minimum absolute atomic E-state index is 0.0277. The zero-order valence-corrected chi connectivity index (χ0v) is 32.7. The second-order valence-electron chi connectivity index (χ2n) is 15.6. The van der Waals surface area contributed by atoms with Crippen molar-refractivity contribution >= 4 is 35.0 Å². The molecule has 4 amide bonds. The fourth-order valence-corrected chi connectivity index (χ4v) is 7.62. The van der Waals surface area contributed by atoms with E-state index in [1.807, 2.05) is 64.4 Å². The van der Waals surface area contributed by atoms with Gasteiger partial charge in [-0.3, -0.25) is 19.2 Å². The second kappa shape index (κ2) is 19.3. The zero-order valence-electron chi connectivity index (χ0n) is 31.9. The number of rotatable bonds is 18. The van der Waals surface area contributed by atoms with Gasteiger partial charge in [0.2, 0.25) is 23.6 Å². The van der Waals surface area contributed by atoms with Gasteiger partial charge in [-0.05, 0) is 80.0 Å². The van der Waals surface area contributed by atoms with Gasteiger partial charge in [0.05, 0.1) is 28.2 Å². The van der Waals surface area contributed by atoms with Crippen molar-refractivity contribution in [1.29, 1.82) is 0 Å². The van der Waals surface area contributed by atoms with Gasteiger partial charge in [-0.2, -0.15) is 0 Å². The summed E-state index contributed by atoms with van der Waals surface area (Å²) in [6.45, 7) is 9.57. The predicted molar refractivity (Wildman–Crippen MR) is 210 cm³/mol. The summed E-state index contributed by atoms with van der Waals surface area (Å²) in [7, 11) is 0. The van der Waals surface area contributed by atoms with E-state index in [-0.39, 0.29) is 55.1 Å². The summed E-state index contributed by atoms with van der Waals surface area (Å²) >= 11 is 1.58. The molecule has 2 heterocycles. The number of hydrogen-bond donors (Lipinski definition) is 5. The maximum Gasteiger partial charge on any atom is 0.246 e. The topological polar surface area (TPSA) is 181 Å². The second-order valence-corrected chi connectivity index (χ2v) is 16.4. The molecule has 1 aliphatic rings. The molecule has 0 saturated carbocycles. The van der Waals surface area contributed by atoms with E-state index < -0.39 is 23.6 Å². The van der Waals surface area contributed by atoms with E-state index in [9.17, 15) is 24.3 Å². The van der Waals surface area contributed by atoms with E-state index in [0.29, 0.717) is 19.3 Å². The first-order valence-electron chi connectivity index (χ1n) is 18.8. The summed E-state index contributed by atoms with van der Waals surface area (Å²) in [4.78, 5) is 58.6. The monoisotopic (exact) mass is 746 g/mol. The lowest BCUT2D eigenvalue weighted by molar-refractivity contribution is -0.144. The fraction of sp³-hybridized carbons (Fsp3) is 0.537. The number of aromatic nitrogens is 1. The summed E-state index contributed by atoms with van der Waals surface area (Å²) in [6, 6.07) is 14.3. The third-order valence-corrected chi connectivity index (χ3v) is 11.0. The number of primary amides is 1. The van der Waals surface area contributed by atoms with Crippen molar-refractivity contribution in [3.05, 3.63) is 76.4 Å². The van der Waals surface area contributed by atoms with E-state index in [2.05, 4.69) is 39.9 Å². The van der Waals surface area contributed by atoms with Gasteiger partial charge in [-0.15, -0.1) is 11.3 Å². The highest BCUT2D eigenvalue weighted by molar-refractivity contribution is 7.13. The molecule has 0 spiro atoms. The Labute approximate surface area is 318 Å². The molecule has 1 saturated heterocycles. The van der Waals surface area contributed by atoms with Crippen LogP contribution in [0.15, 0.2) is 54.0 Å². The summed E-state index contributed by atoms with van der Waals surface area (Å²) in [5, 5.41) is 16.6. The van der Waals surface area contributed by atoms with Crippen LogP contribution in [0.25, 0.3) is 10.4 Å². The molecule has 53 heavy (non-hydrogen) atoms. The molecule has 1 aliphatic heterocycles. The molecule has 4 rings (SSSR count). The van der Waals surface area contributed by atoms with Crippen molar-refractivity contribution in [3.63, 3.8) is 0 Å². The number of hydrogen-bond acceptors (Lipinski definition) is 8. The largest absolute Gasteiger partial charge is 0.391 e. The van der Waals surface area contributed by atoms with E-state index in [4.69, 9.17) is 11.5 Å². The van der Waals surface area contributed by atoms with Gasteiger partial charge in [0.1, 0.15) is 12.1 Å². The van der Waals surface area contributed by atoms with Crippen LogP contribution in [-0.2, 0) is 32.0 Å². The van der Waals surface area contributed by atoms with Crippen LogP contribution in [0.4, 0.5) is 0 Å². The van der Waals surface area contributed by atoms with Crippen molar-refractivity contribution < 1.29 is 24.3 Å². The van der Waals surface area contributed by atoms with E-state index in [1.165, 1.54) is 16.0 Å². The molecule has 0 bridgehead atoms. The van der Waals surface area contributed by atoms with Crippen LogP contribution in [0.1, 0.15) is 107 Å². The number of nitrogens with zero attached hydrogens (tertiary/aromatic N) is 2. The average molecular weight is 747 g/mol. The number of amides is 4. The zero-order chi connectivity index (χ0) is 38.7. The van der Waals surface area contributed by atoms with Crippen LogP contribution in [0.2, 0.25) is 0 Å². The van der Waals surface area contributed by atoms with E-state index in [0.717, 1.165) is 53.8 Å². The van der Waals surface area contributed by atoms with Gasteiger partial charge < -0.3 is 32.1 Å². The molecule has 11 nitrogen and oxygen atoms in total. The minimum Gasteiger partial charge on any atom is -0.391 e. The Morgan fingerprint density at radius 3 is 2.32 bits per heavy atom. The highest BCUT2D eigenvalue weighted by Crippen LogP contribution is 2.30. The number of nitrogens with two attached hydrogens (primary N) is 2. The van der Waals surface area contributed by atoms with Gasteiger partial charge in [0, 0.05) is 31.8 Å². The van der Waals surface area contributed by atoms with Crippen LogP contribution < -0.4 is 22.1 Å². The third kappa shape index (κ3) is 12.5.